The highest BCUT2D eigenvalue weighted by molar-refractivity contribution is 5.84. The summed E-state index contributed by atoms with van der Waals surface area (Å²) >= 11 is 0. The lowest BCUT2D eigenvalue weighted by molar-refractivity contribution is 0.414. The molecule has 0 saturated heterocycles. The number of rotatable bonds is 6. The minimum Gasteiger partial charge on any atom is -0.497 e. The fourth-order valence-corrected chi connectivity index (χ4v) is 3.34. The summed E-state index contributed by atoms with van der Waals surface area (Å²) in [6, 6.07) is 21.0. The molecule has 4 rings (SSSR count). The second-order valence-electron chi connectivity index (χ2n) is 6.34. The summed E-state index contributed by atoms with van der Waals surface area (Å²) in [6.45, 7) is 0.588. The standard InChI is InChI=1S/C22H20FN3O/c1-27-16-11-9-15(10-12-16)18(13-25-22-8-4-7-21(23)26-22)19-14-24-20-6-3-2-5-17(19)20/h2-12,14,18,24H,13H2,1H3,(H,25,26). The quantitative estimate of drug-likeness (QED) is 0.478. The van der Waals surface area contributed by atoms with Crippen molar-refractivity contribution in [2.75, 3.05) is 19.0 Å². The van der Waals surface area contributed by atoms with Gasteiger partial charge in [-0.05, 0) is 41.5 Å². The Labute approximate surface area is 157 Å². The summed E-state index contributed by atoms with van der Waals surface area (Å²) in [4.78, 5) is 7.24. The zero-order valence-electron chi connectivity index (χ0n) is 14.9. The zero-order chi connectivity index (χ0) is 18.6. The SMILES string of the molecule is COc1ccc(C(CNc2cccc(F)n2)c2c[nH]c3ccccc23)cc1. The second-order valence-corrected chi connectivity index (χ2v) is 6.34. The van der Waals surface area contributed by atoms with E-state index in [0.717, 1.165) is 16.8 Å². The Morgan fingerprint density at radius 3 is 2.63 bits per heavy atom. The largest absolute Gasteiger partial charge is 0.497 e. The number of para-hydroxylation sites is 1. The van der Waals surface area contributed by atoms with Gasteiger partial charge in [-0.2, -0.15) is 4.39 Å². The number of aromatic nitrogens is 2. The van der Waals surface area contributed by atoms with Crippen LogP contribution in [-0.2, 0) is 0 Å². The summed E-state index contributed by atoms with van der Waals surface area (Å²) in [7, 11) is 1.66. The van der Waals surface area contributed by atoms with Crippen LogP contribution in [0.2, 0.25) is 0 Å². The molecule has 0 aliphatic heterocycles. The minimum atomic E-state index is -0.493. The fraction of sp³-hybridized carbons (Fsp3) is 0.136. The van der Waals surface area contributed by atoms with Gasteiger partial charge in [0, 0.05) is 29.6 Å². The average molecular weight is 361 g/mol. The molecule has 5 heteroatoms. The molecular formula is C22H20FN3O. The third kappa shape index (κ3) is 3.62. The first-order valence-corrected chi connectivity index (χ1v) is 8.81. The normalized spacial score (nSPS) is 12.1. The Hall–Kier alpha value is -3.34. The van der Waals surface area contributed by atoms with Crippen molar-refractivity contribution in [1.82, 2.24) is 9.97 Å². The smallest absolute Gasteiger partial charge is 0.214 e. The molecule has 4 nitrogen and oxygen atoms in total. The number of nitrogens with one attached hydrogen (secondary N) is 2. The van der Waals surface area contributed by atoms with Crippen molar-refractivity contribution < 1.29 is 9.13 Å². The number of methoxy groups -OCH3 is 1. The highest BCUT2D eigenvalue weighted by atomic mass is 19.1. The average Bonchev–Trinajstić information content (AvgIpc) is 3.13. The lowest BCUT2D eigenvalue weighted by atomic mass is 9.91. The van der Waals surface area contributed by atoms with Crippen LogP contribution in [-0.4, -0.2) is 23.6 Å². The van der Waals surface area contributed by atoms with Crippen molar-refractivity contribution in [3.8, 4) is 5.75 Å². The molecule has 0 saturated carbocycles. The molecule has 2 N–H and O–H groups in total. The van der Waals surface area contributed by atoms with Crippen LogP contribution in [0.4, 0.5) is 10.2 Å². The number of pyridine rings is 1. The van der Waals surface area contributed by atoms with Gasteiger partial charge < -0.3 is 15.0 Å². The first kappa shape index (κ1) is 17.1. The minimum absolute atomic E-state index is 0.0668. The topological polar surface area (TPSA) is 49.9 Å². The lowest BCUT2D eigenvalue weighted by Gasteiger charge is -2.19. The second kappa shape index (κ2) is 7.50. The summed E-state index contributed by atoms with van der Waals surface area (Å²) in [5.74, 6) is 0.912. The van der Waals surface area contributed by atoms with E-state index in [0.29, 0.717) is 12.4 Å². The van der Waals surface area contributed by atoms with E-state index < -0.39 is 5.95 Å². The van der Waals surface area contributed by atoms with Crippen LogP contribution in [0.15, 0.2) is 72.9 Å². The summed E-state index contributed by atoms with van der Waals surface area (Å²) in [5.41, 5.74) is 3.42. The molecule has 0 amide bonds. The predicted octanol–water partition coefficient (Wildman–Crippen LogP) is 4.95. The van der Waals surface area contributed by atoms with Crippen molar-refractivity contribution >= 4 is 16.7 Å². The molecule has 2 aromatic carbocycles. The number of halogens is 1. The molecular weight excluding hydrogens is 341 g/mol. The molecule has 4 aromatic rings. The first-order chi connectivity index (χ1) is 13.2. The van der Waals surface area contributed by atoms with Gasteiger partial charge >= 0.3 is 0 Å². The number of hydrogen-bond acceptors (Lipinski definition) is 3. The van der Waals surface area contributed by atoms with E-state index >= 15 is 0 Å². The molecule has 136 valence electrons. The predicted molar refractivity (Wildman–Crippen MR) is 106 cm³/mol. The molecule has 1 atom stereocenters. The molecule has 27 heavy (non-hydrogen) atoms. The highest BCUT2D eigenvalue weighted by Crippen LogP contribution is 2.32. The van der Waals surface area contributed by atoms with Gasteiger partial charge in [0.25, 0.3) is 0 Å². The third-order valence-electron chi connectivity index (χ3n) is 4.72. The van der Waals surface area contributed by atoms with E-state index in [1.54, 1.807) is 19.2 Å². The van der Waals surface area contributed by atoms with Crippen molar-refractivity contribution in [3.05, 3.63) is 90.0 Å². The van der Waals surface area contributed by atoms with E-state index in [1.807, 2.05) is 30.5 Å². The molecule has 1 unspecified atom stereocenters. The van der Waals surface area contributed by atoms with Gasteiger partial charge in [0.05, 0.1) is 7.11 Å². The number of hydrogen-bond donors (Lipinski definition) is 2. The number of anilines is 1. The van der Waals surface area contributed by atoms with E-state index in [1.165, 1.54) is 17.0 Å². The first-order valence-electron chi connectivity index (χ1n) is 8.81. The third-order valence-corrected chi connectivity index (χ3v) is 4.72. The van der Waals surface area contributed by atoms with Gasteiger partial charge in [-0.25, -0.2) is 4.98 Å². The van der Waals surface area contributed by atoms with Crippen LogP contribution in [0.25, 0.3) is 10.9 Å². The van der Waals surface area contributed by atoms with Gasteiger partial charge in [-0.15, -0.1) is 0 Å². The number of benzene rings is 2. The van der Waals surface area contributed by atoms with Crippen LogP contribution in [0, 0.1) is 5.95 Å². The number of fused-ring (bicyclic) bond motifs is 1. The molecule has 0 aliphatic rings. The van der Waals surface area contributed by atoms with Gasteiger partial charge in [0.2, 0.25) is 5.95 Å². The Bertz CT molecular complexity index is 1040. The number of H-pyrrole nitrogens is 1. The molecule has 0 bridgehead atoms. The van der Waals surface area contributed by atoms with E-state index in [2.05, 4.69) is 39.6 Å². The van der Waals surface area contributed by atoms with Crippen molar-refractivity contribution in [2.45, 2.75) is 5.92 Å². The van der Waals surface area contributed by atoms with Gasteiger partial charge in [-0.3, -0.25) is 0 Å². The van der Waals surface area contributed by atoms with E-state index in [-0.39, 0.29) is 5.92 Å². The van der Waals surface area contributed by atoms with Crippen LogP contribution in [0.1, 0.15) is 17.0 Å². The Morgan fingerprint density at radius 2 is 1.85 bits per heavy atom. The fourth-order valence-electron chi connectivity index (χ4n) is 3.34. The Morgan fingerprint density at radius 1 is 1.04 bits per heavy atom. The van der Waals surface area contributed by atoms with Gasteiger partial charge in [0.15, 0.2) is 0 Å². The molecule has 0 radical (unpaired) electrons. The van der Waals surface area contributed by atoms with Crippen LogP contribution in [0.5, 0.6) is 5.75 Å². The van der Waals surface area contributed by atoms with Crippen LogP contribution < -0.4 is 10.1 Å². The number of aromatic amines is 1. The van der Waals surface area contributed by atoms with Crippen LogP contribution in [0.3, 0.4) is 0 Å². The highest BCUT2D eigenvalue weighted by Gasteiger charge is 2.18. The summed E-state index contributed by atoms with van der Waals surface area (Å²) in [5, 5.41) is 4.44. The van der Waals surface area contributed by atoms with Crippen LogP contribution >= 0.6 is 0 Å². The molecule has 2 heterocycles. The maximum absolute atomic E-state index is 13.4. The maximum Gasteiger partial charge on any atom is 0.214 e. The lowest BCUT2D eigenvalue weighted by Crippen LogP contribution is -2.15. The molecule has 2 aromatic heterocycles. The van der Waals surface area contributed by atoms with Gasteiger partial charge in [0.1, 0.15) is 11.6 Å². The summed E-state index contributed by atoms with van der Waals surface area (Å²) in [6.07, 6.45) is 2.04. The van der Waals surface area contributed by atoms with Gasteiger partial charge in [-0.1, -0.05) is 36.4 Å². The van der Waals surface area contributed by atoms with Crippen molar-refractivity contribution in [2.24, 2.45) is 0 Å². The molecule has 0 aliphatic carbocycles. The molecule has 0 fully saturated rings. The monoisotopic (exact) mass is 361 g/mol. The van der Waals surface area contributed by atoms with E-state index in [4.69, 9.17) is 4.74 Å². The van der Waals surface area contributed by atoms with E-state index in [9.17, 15) is 4.39 Å². The number of nitrogens with zero attached hydrogens (tertiary/aromatic N) is 1. The summed E-state index contributed by atoms with van der Waals surface area (Å²) < 4.78 is 18.7. The van der Waals surface area contributed by atoms with Crippen molar-refractivity contribution in [3.63, 3.8) is 0 Å². The molecule has 0 spiro atoms. The van der Waals surface area contributed by atoms with Crippen molar-refractivity contribution in [1.29, 1.82) is 0 Å². The maximum atomic E-state index is 13.4. The number of ether oxygens (including phenoxy) is 1. The zero-order valence-corrected chi connectivity index (χ0v) is 14.9. The Balaban J connectivity index is 1.70. The Kier molecular flexibility index (Phi) is 4.75.